The molecule has 10 rings (SSSR count). The van der Waals surface area contributed by atoms with E-state index in [0.29, 0.717) is 0 Å². The van der Waals surface area contributed by atoms with E-state index < -0.39 is 0 Å². The van der Waals surface area contributed by atoms with Crippen molar-refractivity contribution in [2.24, 2.45) is 0 Å². The Morgan fingerprint density at radius 1 is 0.431 bits per heavy atom. The van der Waals surface area contributed by atoms with E-state index in [1.54, 1.807) is 0 Å². The summed E-state index contributed by atoms with van der Waals surface area (Å²) in [5, 5.41) is 4.72. The van der Waals surface area contributed by atoms with Gasteiger partial charge >= 0.3 is 0 Å². The molecule has 0 fully saturated rings. The van der Waals surface area contributed by atoms with Gasteiger partial charge in [-0.3, -0.25) is 0 Å². The topological polar surface area (TPSA) is 16.4 Å². The first-order valence-corrected chi connectivity index (χ1v) is 17.7. The van der Waals surface area contributed by atoms with Crippen LogP contribution >= 0.6 is 0 Å². The lowest BCUT2D eigenvalue weighted by Gasteiger charge is -2.29. The minimum Gasteiger partial charge on any atom is -0.455 e. The number of hydrogen-bond acceptors (Lipinski definition) is 2. The molecule has 8 aromatic carbocycles. The Labute approximate surface area is 297 Å². The van der Waals surface area contributed by atoms with Gasteiger partial charge in [-0.1, -0.05) is 147 Å². The smallest absolute Gasteiger partial charge is 0.143 e. The van der Waals surface area contributed by atoms with Gasteiger partial charge in [0.15, 0.2) is 0 Å². The Bertz CT molecular complexity index is 2770. The van der Waals surface area contributed by atoms with E-state index in [1.807, 2.05) is 12.1 Å². The van der Waals surface area contributed by atoms with Gasteiger partial charge in [0.25, 0.3) is 0 Å². The van der Waals surface area contributed by atoms with Crippen LogP contribution in [0, 0.1) is 0 Å². The van der Waals surface area contributed by atoms with E-state index in [0.717, 1.165) is 50.1 Å². The Balaban J connectivity index is 1.19. The second kappa shape index (κ2) is 11.3. The highest BCUT2D eigenvalue weighted by Gasteiger charge is 2.38. The summed E-state index contributed by atoms with van der Waals surface area (Å²) in [5.74, 6) is 0. The lowest BCUT2D eigenvalue weighted by atomic mass is 9.78. The van der Waals surface area contributed by atoms with Crippen LogP contribution in [0.1, 0.15) is 25.0 Å². The minimum atomic E-state index is -0.136. The summed E-state index contributed by atoms with van der Waals surface area (Å²) >= 11 is 0. The highest BCUT2D eigenvalue weighted by atomic mass is 16.3. The third kappa shape index (κ3) is 4.64. The molecule has 1 heterocycles. The van der Waals surface area contributed by atoms with Crippen molar-refractivity contribution in [3.8, 4) is 33.4 Å². The molecular formula is C49H35NO. The van der Waals surface area contributed by atoms with Crippen LogP contribution in [0.25, 0.3) is 66.1 Å². The van der Waals surface area contributed by atoms with Gasteiger partial charge in [0.2, 0.25) is 0 Å². The third-order valence-corrected chi connectivity index (χ3v) is 10.8. The molecule has 9 aromatic rings. The van der Waals surface area contributed by atoms with Crippen LogP contribution < -0.4 is 4.90 Å². The molecule has 1 aliphatic rings. The molecule has 0 atom stereocenters. The van der Waals surface area contributed by atoms with Crippen LogP contribution in [0.5, 0.6) is 0 Å². The molecule has 242 valence electrons. The third-order valence-electron chi connectivity index (χ3n) is 10.8. The zero-order valence-corrected chi connectivity index (χ0v) is 28.6. The Morgan fingerprint density at radius 2 is 1.08 bits per heavy atom. The van der Waals surface area contributed by atoms with Crippen LogP contribution in [0.2, 0.25) is 0 Å². The standard InChI is InChI=1S/C49H35NO/c1-49(2)45-21-10-8-17-40(45)44-31-38(30-43(47(44)49)33-14-4-3-5-15-33)50(37-28-23-32-13-6-7-16-35(32)29-37)36-26-24-34(25-27-36)39-19-12-20-42-41-18-9-11-22-46(41)51-48(39)42/h3-31H,1-2H3. The van der Waals surface area contributed by atoms with Crippen molar-refractivity contribution in [1.29, 1.82) is 0 Å². The summed E-state index contributed by atoms with van der Waals surface area (Å²) in [4.78, 5) is 2.42. The van der Waals surface area contributed by atoms with E-state index >= 15 is 0 Å². The number of benzene rings is 8. The van der Waals surface area contributed by atoms with Gasteiger partial charge in [-0.15, -0.1) is 0 Å². The molecule has 0 radical (unpaired) electrons. The number of anilines is 3. The van der Waals surface area contributed by atoms with Gasteiger partial charge < -0.3 is 9.32 Å². The molecule has 51 heavy (non-hydrogen) atoms. The van der Waals surface area contributed by atoms with Gasteiger partial charge in [-0.2, -0.15) is 0 Å². The summed E-state index contributed by atoms with van der Waals surface area (Å²) in [6.45, 7) is 4.73. The maximum Gasteiger partial charge on any atom is 0.143 e. The van der Waals surface area contributed by atoms with Gasteiger partial charge in [-0.05, 0) is 92.2 Å². The first-order valence-electron chi connectivity index (χ1n) is 17.7. The molecule has 0 saturated heterocycles. The van der Waals surface area contributed by atoms with E-state index in [1.165, 1.54) is 44.2 Å². The van der Waals surface area contributed by atoms with Crippen molar-refractivity contribution in [3.05, 3.63) is 187 Å². The van der Waals surface area contributed by atoms with Gasteiger partial charge in [-0.25, -0.2) is 0 Å². The summed E-state index contributed by atoms with van der Waals surface area (Å²) in [6.07, 6.45) is 0. The SMILES string of the molecule is CC1(C)c2ccccc2-c2cc(N(c3ccc(-c4cccc5c4oc4ccccc45)cc3)c3ccc4ccccc4c3)cc(-c3ccccc3)c21. The molecule has 0 N–H and O–H groups in total. The van der Waals surface area contributed by atoms with Crippen LogP contribution in [-0.4, -0.2) is 0 Å². The van der Waals surface area contributed by atoms with Crippen LogP contribution in [0.3, 0.4) is 0 Å². The zero-order valence-electron chi connectivity index (χ0n) is 28.6. The average Bonchev–Trinajstić information content (AvgIpc) is 3.67. The molecule has 2 nitrogen and oxygen atoms in total. The van der Waals surface area contributed by atoms with E-state index in [9.17, 15) is 0 Å². The quantitative estimate of drug-likeness (QED) is 0.184. The molecule has 0 saturated carbocycles. The van der Waals surface area contributed by atoms with E-state index in [2.05, 4.69) is 183 Å². The predicted octanol–water partition coefficient (Wildman–Crippen LogP) is 13.8. The Hall–Kier alpha value is -6.38. The molecular weight excluding hydrogens is 619 g/mol. The van der Waals surface area contributed by atoms with Gasteiger partial charge in [0.05, 0.1) is 0 Å². The van der Waals surface area contributed by atoms with E-state index in [4.69, 9.17) is 4.42 Å². The van der Waals surface area contributed by atoms with Crippen molar-refractivity contribution >= 4 is 49.8 Å². The molecule has 0 aliphatic heterocycles. The van der Waals surface area contributed by atoms with Crippen molar-refractivity contribution in [3.63, 3.8) is 0 Å². The number of nitrogens with zero attached hydrogens (tertiary/aromatic N) is 1. The van der Waals surface area contributed by atoms with E-state index in [-0.39, 0.29) is 5.41 Å². The number of furan rings is 1. The molecule has 1 aliphatic carbocycles. The Kier molecular flexibility index (Phi) is 6.56. The molecule has 0 amide bonds. The predicted molar refractivity (Wildman–Crippen MR) is 214 cm³/mol. The number of para-hydroxylation sites is 2. The van der Waals surface area contributed by atoms with Gasteiger partial charge in [0.1, 0.15) is 11.2 Å². The number of hydrogen-bond donors (Lipinski definition) is 0. The highest BCUT2D eigenvalue weighted by molar-refractivity contribution is 6.09. The maximum absolute atomic E-state index is 6.43. The number of fused-ring (bicyclic) bond motifs is 7. The first-order chi connectivity index (χ1) is 25.0. The molecule has 0 spiro atoms. The average molecular weight is 654 g/mol. The lowest BCUT2D eigenvalue weighted by Crippen LogP contribution is -2.17. The molecule has 1 aromatic heterocycles. The van der Waals surface area contributed by atoms with Crippen LogP contribution in [0.15, 0.2) is 180 Å². The van der Waals surface area contributed by atoms with Crippen LogP contribution in [0.4, 0.5) is 17.1 Å². The van der Waals surface area contributed by atoms with Crippen molar-refractivity contribution in [1.82, 2.24) is 0 Å². The van der Waals surface area contributed by atoms with Crippen molar-refractivity contribution in [2.45, 2.75) is 19.3 Å². The number of rotatable bonds is 5. The zero-order chi connectivity index (χ0) is 34.1. The second-order valence-electron chi connectivity index (χ2n) is 14.1. The fourth-order valence-corrected chi connectivity index (χ4v) is 8.41. The molecule has 0 unspecified atom stereocenters. The first kappa shape index (κ1) is 29.5. The highest BCUT2D eigenvalue weighted by Crippen LogP contribution is 2.54. The largest absolute Gasteiger partial charge is 0.455 e. The van der Waals surface area contributed by atoms with Crippen LogP contribution in [-0.2, 0) is 5.41 Å². The molecule has 2 heteroatoms. The second-order valence-corrected chi connectivity index (χ2v) is 14.1. The lowest BCUT2D eigenvalue weighted by molar-refractivity contribution is 0.662. The normalized spacial score (nSPS) is 13.1. The maximum atomic E-state index is 6.43. The van der Waals surface area contributed by atoms with Crippen molar-refractivity contribution in [2.75, 3.05) is 4.90 Å². The Morgan fingerprint density at radius 3 is 1.94 bits per heavy atom. The molecule has 0 bridgehead atoms. The fourth-order valence-electron chi connectivity index (χ4n) is 8.41. The summed E-state index contributed by atoms with van der Waals surface area (Å²) < 4.78 is 6.43. The summed E-state index contributed by atoms with van der Waals surface area (Å²) in [7, 11) is 0. The monoisotopic (exact) mass is 653 g/mol. The van der Waals surface area contributed by atoms with Gasteiger partial charge in [0, 0.05) is 38.8 Å². The summed E-state index contributed by atoms with van der Waals surface area (Å²) in [6, 6.07) is 63.7. The summed E-state index contributed by atoms with van der Waals surface area (Å²) in [5.41, 5.74) is 15.1. The van der Waals surface area contributed by atoms with Crippen molar-refractivity contribution < 1.29 is 4.42 Å². The minimum absolute atomic E-state index is 0.136. The fraction of sp³-hybridized carbons (Fsp3) is 0.0612.